The van der Waals surface area contributed by atoms with Gasteiger partial charge in [0.2, 0.25) is 0 Å². The monoisotopic (exact) mass is 521 g/mol. The van der Waals surface area contributed by atoms with Crippen LogP contribution in [0.4, 0.5) is 13.2 Å². The van der Waals surface area contributed by atoms with Crippen molar-refractivity contribution in [2.75, 3.05) is 12.3 Å². The number of aliphatic carboxylic acids is 1. The van der Waals surface area contributed by atoms with Gasteiger partial charge >= 0.3 is 12.1 Å². The second kappa shape index (κ2) is 11.1. The zero-order chi connectivity index (χ0) is 26.5. The Bertz CT molecular complexity index is 1350. The SMILES string of the molecule is CCS(=O)(=O)c1ccc2cc(C(CCC(F)(F)F)c3ccc(C(=O)NCCC(=O)O)cc3)ccc2c1. The number of alkyl halides is 3. The molecule has 0 aliphatic carbocycles. The van der Waals surface area contributed by atoms with Gasteiger partial charge in [-0.2, -0.15) is 13.2 Å². The molecule has 10 heteroatoms. The minimum Gasteiger partial charge on any atom is -0.481 e. The highest BCUT2D eigenvalue weighted by Crippen LogP contribution is 2.35. The van der Waals surface area contributed by atoms with Gasteiger partial charge in [0, 0.05) is 24.4 Å². The van der Waals surface area contributed by atoms with E-state index in [9.17, 15) is 31.2 Å². The number of hydrogen-bond donors (Lipinski definition) is 2. The zero-order valence-electron chi connectivity index (χ0n) is 19.5. The van der Waals surface area contributed by atoms with E-state index in [0.717, 1.165) is 0 Å². The third-order valence-electron chi connectivity index (χ3n) is 5.89. The van der Waals surface area contributed by atoms with Crippen molar-refractivity contribution in [1.82, 2.24) is 5.32 Å². The average Bonchev–Trinajstić information content (AvgIpc) is 2.83. The summed E-state index contributed by atoms with van der Waals surface area (Å²) < 4.78 is 63.6. The fourth-order valence-electron chi connectivity index (χ4n) is 3.90. The number of hydrogen-bond acceptors (Lipinski definition) is 4. The van der Waals surface area contributed by atoms with Crippen molar-refractivity contribution in [2.24, 2.45) is 0 Å². The lowest BCUT2D eigenvalue weighted by atomic mass is 9.86. The maximum absolute atomic E-state index is 13.1. The van der Waals surface area contributed by atoms with Crippen LogP contribution < -0.4 is 5.32 Å². The summed E-state index contributed by atoms with van der Waals surface area (Å²) in [6.45, 7) is 1.52. The third-order valence-corrected chi connectivity index (χ3v) is 7.63. The number of carboxylic acid groups (broad SMARTS) is 1. The first-order valence-corrected chi connectivity index (χ1v) is 13.0. The molecule has 0 fully saturated rings. The van der Waals surface area contributed by atoms with E-state index in [-0.39, 0.29) is 35.6 Å². The van der Waals surface area contributed by atoms with Crippen molar-refractivity contribution in [1.29, 1.82) is 0 Å². The van der Waals surface area contributed by atoms with Crippen molar-refractivity contribution < 1.29 is 36.3 Å². The Kier molecular flexibility index (Phi) is 8.39. The lowest BCUT2D eigenvalue weighted by Gasteiger charge is -2.20. The number of nitrogens with one attached hydrogen (secondary N) is 1. The van der Waals surface area contributed by atoms with Crippen LogP contribution in [-0.4, -0.2) is 43.9 Å². The van der Waals surface area contributed by atoms with Gasteiger partial charge in [0.15, 0.2) is 9.84 Å². The molecule has 0 aliphatic rings. The molecule has 2 N–H and O–H groups in total. The summed E-state index contributed by atoms with van der Waals surface area (Å²) in [7, 11) is -3.39. The summed E-state index contributed by atoms with van der Waals surface area (Å²) in [5.74, 6) is -2.17. The quantitative estimate of drug-likeness (QED) is 0.377. The number of halogens is 3. The molecule has 0 aromatic heterocycles. The molecule has 3 aromatic rings. The predicted molar refractivity (Wildman–Crippen MR) is 130 cm³/mol. The molecule has 3 rings (SSSR count). The van der Waals surface area contributed by atoms with E-state index >= 15 is 0 Å². The van der Waals surface area contributed by atoms with Crippen molar-refractivity contribution in [2.45, 2.75) is 43.2 Å². The van der Waals surface area contributed by atoms with Gasteiger partial charge in [0.05, 0.1) is 17.1 Å². The Hall–Kier alpha value is -3.40. The van der Waals surface area contributed by atoms with Crippen LogP contribution in [0.5, 0.6) is 0 Å². The first-order chi connectivity index (χ1) is 16.9. The summed E-state index contributed by atoms with van der Waals surface area (Å²) in [6.07, 6.45) is -5.78. The Morgan fingerprint density at radius 2 is 1.56 bits per heavy atom. The predicted octanol–water partition coefficient (Wildman–Crippen LogP) is 5.31. The zero-order valence-corrected chi connectivity index (χ0v) is 20.3. The van der Waals surface area contributed by atoms with Crippen molar-refractivity contribution in [3.63, 3.8) is 0 Å². The highest BCUT2D eigenvalue weighted by molar-refractivity contribution is 7.91. The summed E-state index contributed by atoms with van der Waals surface area (Å²) in [4.78, 5) is 23.0. The van der Waals surface area contributed by atoms with Crippen LogP contribution in [0.15, 0.2) is 65.6 Å². The van der Waals surface area contributed by atoms with Gasteiger partial charge in [0.25, 0.3) is 5.91 Å². The van der Waals surface area contributed by atoms with Gasteiger partial charge < -0.3 is 10.4 Å². The van der Waals surface area contributed by atoms with Crippen LogP contribution in [0.1, 0.15) is 53.6 Å². The Morgan fingerprint density at radius 1 is 0.944 bits per heavy atom. The summed E-state index contributed by atoms with van der Waals surface area (Å²) in [6, 6.07) is 16.0. The number of carbonyl (C=O) groups is 2. The van der Waals surface area contributed by atoms with Crippen LogP contribution in [0.3, 0.4) is 0 Å². The van der Waals surface area contributed by atoms with Crippen LogP contribution >= 0.6 is 0 Å². The highest BCUT2D eigenvalue weighted by atomic mass is 32.2. The van der Waals surface area contributed by atoms with Crippen LogP contribution in [0.25, 0.3) is 10.8 Å². The van der Waals surface area contributed by atoms with E-state index in [1.54, 1.807) is 49.4 Å². The maximum atomic E-state index is 13.1. The van der Waals surface area contributed by atoms with Crippen LogP contribution in [-0.2, 0) is 14.6 Å². The van der Waals surface area contributed by atoms with Gasteiger partial charge in [-0.1, -0.05) is 43.3 Å². The minimum absolute atomic E-state index is 0.0380. The van der Waals surface area contributed by atoms with Gasteiger partial charge in [-0.05, 0) is 52.6 Å². The second-order valence-corrected chi connectivity index (χ2v) is 10.7. The standard InChI is InChI=1S/C26H26F3NO5S/c1-2-36(34,35)22-10-9-19-15-21(8-7-20(19)16-22)23(11-13-26(27,28)29)17-3-5-18(6-4-17)25(33)30-14-12-24(31)32/h3-10,15-16,23H,2,11-14H2,1H3,(H,30,33)(H,31,32). The maximum Gasteiger partial charge on any atom is 0.389 e. The van der Waals surface area contributed by atoms with Gasteiger partial charge in [0.1, 0.15) is 0 Å². The molecule has 0 aliphatic heterocycles. The van der Waals surface area contributed by atoms with Crippen molar-refractivity contribution in [3.8, 4) is 0 Å². The molecular formula is C26H26F3NO5S. The lowest BCUT2D eigenvalue weighted by molar-refractivity contribution is -0.137. The van der Waals surface area contributed by atoms with E-state index in [2.05, 4.69) is 5.32 Å². The molecule has 0 saturated carbocycles. The van der Waals surface area contributed by atoms with Gasteiger partial charge in [-0.25, -0.2) is 8.42 Å². The van der Waals surface area contributed by atoms with E-state index in [1.807, 2.05) is 0 Å². The largest absolute Gasteiger partial charge is 0.481 e. The Morgan fingerprint density at radius 3 is 2.17 bits per heavy atom. The first kappa shape index (κ1) is 27.2. The number of carboxylic acids is 1. The normalized spacial score (nSPS) is 12.9. The van der Waals surface area contributed by atoms with Crippen LogP contribution in [0.2, 0.25) is 0 Å². The molecule has 6 nitrogen and oxygen atoms in total. The topological polar surface area (TPSA) is 101 Å². The van der Waals surface area contributed by atoms with E-state index in [4.69, 9.17) is 5.11 Å². The Labute approximate surface area is 207 Å². The first-order valence-electron chi connectivity index (χ1n) is 11.3. The molecule has 0 bridgehead atoms. The average molecular weight is 522 g/mol. The van der Waals surface area contributed by atoms with Crippen molar-refractivity contribution in [3.05, 3.63) is 77.4 Å². The number of fused-ring (bicyclic) bond motifs is 1. The number of amides is 1. The molecule has 1 atom stereocenters. The molecule has 0 spiro atoms. The van der Waals surface area contributed by atoms with Crippen molar-refractivity contribution >= 4 is 32.5 Å². The third kappa shape index (κ3) is 7.07. The molecule has 0 radical (unpaired) electrons. The van der Waals surface area contributed by atoms with E-state index in [0.29, 0.717) is 21.9 Å². The van der Waals surface area contributed by atoms with Gasteiger partial charge in [-0.3, -0.25) is 9.59 Å². The summed E-state index contributed by atoms with van der Waals surface area (Å²) >= 11 is 0. The van der Waals surface area contributed by atoms with E-state index < -0.39 is 40.2 Å². The highest BCUT2D eigenvalue weighted by Gasteiger charge is 2.29. The van der Waals surface area contributed by atoms with Crippen LogP contribution in [0, 0.1) is 0 Å². The molecule has 192 valence electrons. The minimum atomic E-state index is -4.34. The lowest BCUT2D eigenvalue weighted by Crippen LogP contribution is -2.25. The number of carbonyl (C=O) groups excluding carboxylic acids is 1. The number of sulfone groups is 1. The summed E-state index contributed by atoms with van der Waals surface area (Å²) in [5, 5.41) is 12.5. The fraction of sp³-hybridized carbons (Fsp3) is 0.308. The molecule has 0 saturated heterocycles. The summed E-state index contributed by atoms with van der Waals surface area (Å²) in [5.41, 5.74) is 1.49. The molecule has 0 heterocycles. The molecule has 1 amide bonds. The van der Waals surface area contributed by atoms with E-state index in [1.165, 1.54) is 18.2 Å². The number of benzene rings is 3. The van der Waals surface area contributed by atoms with Gasteiger partial charge in [-0.15, -0.1) is 0 Å². The number of rotatable bonds is 10. The molecular weight excluding hydrogens is 495 g/mol. The Balaban J connectivity index is 1.91. The molecule has 3 aromatic carbocycles. The smallest absolute Gasteiger partial charge is 0.389 e. The molecule has 36 heavy (non-hydrogen) atoms. The fourth-order valence-corrected chi connectivity index (χ4v) is 4.82. The second-order valence-electron chi connectivity index (χ2n) is 8.40. The molecule has 1 unspecified atom stereocenters.